The predicted octanol–water partition coefficient (Wildman–Crippen LogP) is 0.402. The minimum Gasteiger partial charge on any atom is -0.386 e. The highest BCUT2D eigenvalue weighted by Gasteiger charge is 2.56. The molecule has 0 radical (unpaired) electrons. The van der Waals surface area contributed by atoms with Crippen LogP contribution in [-0.4, -0.2) is 54.2 Å². The fourth-order valence-corrected chi connectivity index (χ4v) is 4.61. The molecule has 1 fully saturated rings. The maximum Gasteiger partial charge on any atom is 0.164 e. The Morgan fingerprint density at radius 2 is 2.17 bits per heavy atom. The number of hydrogen-bond donors (Lipinski definition) is 5. The number of benzene rings is 1. The van der Waals surface area contributed by atoms with Crippen LogP contribution < -0.4 is 11.1 Å². The van der Waals surface area contributed by atoms with E-state index in [1.165, 1.54) is 18.8 Å². The number of nitrogens with two attached hydrogens (primary N) is 1. The Hall–Kier alpha value is -2.56. The molecule has 0 amide bonds. The Kier molecular flexibility index (Phi) is 4.53. The van der Waals surface area contributed by atoms with E-state index in [9.17, 15) is 15.3 Å². The van der Waals surface area contributed by atoms with Crippen molar-refractivity contribution in [2.24, 2.45) is 0 Å². The van der Waals surface area contributed by atoms with E-state index in [0.29, 0.717) is 29.0 Å². The zero-order valence-electron chi connectivity index (χ0n) is 16.6. The number of aliphatic hydroxyl groups is 3. The molecule has 9 heteroatoms. The molecule has 6 N–H and O–H groups in total. The van der Waals surface area contributed by atoms with Crippen molar-refractivity contribution in [1.29, 1.82) is 0 Å². The summed E-state index contributed by atoms with van der Waals surface area (Å²) in [5.74, 6) is 0.318. The van der Waals surface area contributed by atoms with E-state index < -0.39 is 30.1 Å². The van der Waals surface area contributed by atoms with Crippen LogP contribution >= 0.6 is 0 Å². The first-order valence-electron chi connectivity index (χ1n) is 10.0. The van der Waals surface area contributed by atoms with Gasteiger partial charge in [0.25, 0.3) is 0 Å². The molecule has 2 aliphatic rings. The molecular formula is C21H25N5O4. The van der Waals surface area contributed by atoms with Gasteiger partial charge in [-0.25, -0.2) is 9.97 Å². The molecule has 0 bridgehead atoms. The van der Waals surface area contributed by atoms with Crippen molar-refractivity contribution in [2.45, 2.75) is 50.0 Å². The molecule has 1 aromatic carbocycles. The van der Waals surface area contributed by atoms with Crippen LogP contribution in [0.4, 0.5) is 5.82 Å². The topological polar surface area (TPSA) is 139 Å². The molecule has 158 valence electrons. The Morgan fingerprint density at radius 1 is 1.33 bits per heavy atom. The molecule has 5 rings (SSSR count). The van der Waals surface area contributed by atoms with E-state index in [0.717, 1.165) is 18.5 Å². The van der Waals surface area contributed by atoms with Gasteiger partial charge in [-0.3, -0.25) is 0 Å². The van der Waals surface area contributed by atoms with Crippen LogP contribution in [0, 0.1) is 0 Å². The van der Waals surface area contributed by atoms with E-state index in [-0.39, 0.29) is 0 Å². The SMILES string of the molecule is C[C@@]1(O)[C@@H]([C@@H](O)c2cccc3c2CNCC3)O[C@@H](n2ccc3c(N)ncnc32)[C@@H]1O. The van der Waals surface area contributed by atoms with Gasteiger partial charge in [0.1, 0.15) is 41.7 Å². The van der Waals surface area contributed by atoms with Crippen molar-refractivity contribution in [3.63, 3.8) is 0 Å². The molecular weight excluding hydrogens is 386 g/mol. The van der Waals surface area contributed by atoms with Crippen LogP contribution in [0.15, 0.2) is 36.8 Å². The van der Waals surface area contributed by atoms with E-state index >= 15 is 0 Å². The Balaban J connectivity index is 1.52. The number of fused-ring (bicyclic) bond motifs is 2. The number of aliphatic hydroxyl groups excluding tert-OH is 2. The molecule has 0 unspecified atom stereocenters. The minimum absolute atomic E-state index is 0.318. The number of rotatable bonds is 3. The fraction of sp³-hybridized carbons (Fsp3) is 0.429. The summed E-state index contributed by atoms with van der Waals surface area (Å²) in [6.07, 6.45) is -0.491. The summed E-state index contributed by atoms with van der Waals surface area (Å²) in [5.41, 5.74) is 7.58. The summed E-state index contributed by atoms with van der Waals surface area (Å²) in [6, 6.07) is 7.53. The highest BCUT2D eigenvalue weighted by molar-refractivity contribution is 5.86. The van der Waals surface area contributed by atoms with Crippen molar-refractivity contribution < 1.29 is 20.1 Å². The van der Waals surface area contributed by atoms with Gasteiger partial charge in [-0.1, -0.05) is 18.2 Å². The summed E-state index contributed by atoms with van der Waals surface area (Å²) in [7, 11) is 0. The number of hydrogen-bond acceptors (Lipinski definition) is 8. The molecule has 2 aliphatic heterocycles. The molecule has 9 nitrogen and oxygen atoms in total. The van der Waals surface area contributed by atoms with Crippen LogP contribution in [0.2, 0.25) is 0 Å². The van der Waals surface area contributed by atoms with Gasteiger partial charge in [-0.05, 0) is 42.6 Å². The van der Waals surface area contributed by atoms with Crippen molar-refractivity contribution in [1.82, 2.24) is 19.9 Å². The second-order valence-corrected chi connectivity index (χ2v) is 8.19. The zero-order chi connectivity index (χ0) is 21.0. The van der Waals surface area contributed by atoms with Crippen molar-refractivity contribution in [3.05, 3.63) is 53.5 Å². The first kappa shape index (κ1) is 19.4. The normalized spacial score (nSPS) is 29.8. The van der Waals surface area contributed by atoms with Gasteiger partial charge in [0, 0.05) is 12.7 Å². The van der Waals surface area contributed by atoms with Gasteiger partial charge >= 0.3 is 0 Å². The Labute approximate surface area is 173 Å². The van der Waals surface area contributed by atoms with Crippen LogP contribution in [-0.2, 0) is 17.7 Å². The highest BCUT2D eigenvalue weighted by atomic mass is 16.6. The molecule has 0 saturated carbocycles. The Bertz CT molecular complexity index is 1100. The molecule has 0 aliphatic carbocycles. The third kappa shape index (κ3) is 2.82. The second kappa shape index (κ2) is 7.00. The molecule has 0 spiro atoms. The lowest BCUT2D eigenvalue weighted by Crippen LogP contribution is -2.47. The van der Waals surface area contributed by atoms with Crippen LogP contribution in [0.5, 0.6) is 0 Å². The zero-order valence-corrected chi connectivity index (χ0v) is 16.6. The van der Waals surface area contributed by atoms with Crippen molar-refractivity contribution in [3.8, 4) is 0 Å². The number of nitrogens with one attached hydrogen (secondary N) is 1. The van der Waals surface area contributed by atoms with Crippen LogP contribution in [0.3, 0.4) is 0 Å². The lowest BCUT2D eigenvalue weighted by molar-refractivity contribution is -0.115. The second-order valence-electron chi connectivity index (χ2n) is 8.19. The first-order valence-corrected chi connectivity index (χ1v) is 10.0. The van der Waals surface area contributed by atoms with Gasteiger partial charge in [-0.2, -0.15) is 0 Å². The number of nitrogens with zero attached hydrogens (tertiary/aromatic N) is 3. The molecule has 30 heavy (non-hydrogen) atoms. The molecule has 2 aromatic heterocycles. The molecule has 5 atom stereocenters. The Morgan fingerprint density at radius 3 is 3.00 bits per heavy atom. The molecule has 3 aromatic rings. The number of nitrogen functional groups attached to an aromatic ring is 1. The quantitative estimate of drug-likeness (QED) is 0.418. The van der Waals surface area contributed by atoms with E-state index in [1.54, 1.807) is 16.8 Å². The van der Waals surface area contributed by atoms with Gasteiger partial charge < -0.3 is 35.7 Å². The first-order chi connectivity index (χ1) is 14.4. The smallest absolute Gasteiger partial charge is 0.164 e. The summed E-state index contributed by atoms with van der Waals surface area (Å²) < 4.78 is 7.69. The number of aromatic nitrogens is 3. The van der Waals surface area contributed by atoms with E-state index in [2.05, 4.69) is 15.3 Å². The monoisotopic (exact) mass is 411 g/mol. The van der Waals surface area contributed by atoms with Gasteiger partial charge in [0.15, 0.2) is 6.23 Å². The van der Waals surface area contributed by atoms with Crippen molar-refractivity contribution >= 4 is 16.9 Å². The lowest BCUT2D eigenvalue weighted by Gasteiger charge is -2.31. The minimum atomic E-state index is -1.69. The summed E-state index contributed by atoms with van der Waals surface area (Å²) in [5, 5.41) is 37.2. The van der Waals surface area contributed by atoms with E-state index in [1.807, 2.05) is 18.2 Å². The van der Waals surface area contributed by atoms with Gasteiger partial charge in [0.05, 0.1) is 5.39 Å². The van der Waals surface area contributed by atoms with Crippen molar-refractivity contribution in [2.75, 3.05) is 12.3 Å². The highest BCUT2D eigenvalue weighted by Crippen LogP contribution is 2.44. The average molecular weight is 411 g/mol. The third-order valence-electron chi connectivity index (χ3n) is 6.33. The summed E-state index contributed by atoms with van der Waals surface area (Å²) >= 11 is 0. The van der Waals surface area contributed by atoms with Crippen LogP contribution in [0.1, 0.15) is 35.9 Å². The van der Waals surface area contributed by atoms with Gasteiger partial charge in [0.2, 0.25) is 0 Å². The maximum atomic E-state index is 11.2. The standard InChI is InChI=1S/C21H25N5O4/c1-21(29)16(28)20(26-8-6-13-18(22)24-10-25-19(13)26)30-17(21)15(27)12-4-2-3-11-5-7-23-9-14(11)12/h2-4,6,8,10,15-17,20,23,27-29H,5,7,9H2,1H3,(H2,22,24,25)/t15-,16-,17+,20+,21-/m0/s1. The van der Waals surface area contributed by atoms with E-state index in [4.69, 9.17) is 10.5 Å². The summed E-state index contributed by atoms with van der Waals surface area (Å²) in [6.45, 7) is 3.01. The van der Waals surface area contributed by atoms with Gasteiger partial charge in [-0.15, -0.1) is 0 Å². The number of ether oxygens (including phenoxy) is 1. The van der Waals surface area contributed by atoms with Crippen LogP contribution in [0.25, 0.3) is 11.0 Å². The maximum absolute atomic E-state index is 11.2. The predicted molar refractivity (Wildman–Crippen MR) is 109 cm³/mol. The largest absolute Gasteiger partial charge is 0.386 e. The lowest BCUT2D eigenvalue weighted by atomic mass is 9.85. The summed E-state index contributed by atoms with van der Waals surface area (Å²) in [4.78, 5) is 8.22. The molecule has 4 heterocycles. The fourth-order valence-electron chi connectivity index (χ4n) is 4.61. The average Bonchev–Trinajstić information content (AvgIpc) is 3.27. The number of anilines is 1. The molecule has 1 saturated heterocycles. The third-order valence-corrected chi connectivity index (χ3v) is 6.33.